The van der Waals surface area contributed by atoms with Crippen molar-refractivity contribution < 1.29 is 5.11 Å². The van der Waals surface area contributed by atoms with Crippen molar-refractivity contribution >= 4 is 0 Å². The van der Waals surface area contributed by atoms with E-state index in [0.29, 0.717) is 12.0 Å². The molecule has 1 heterocycles. The Balaban J connectivity index is 1.59. The Bertz CT molecular complexity index is 490. The van der Waals surface area contributed by atoms with E-state index in [2.05, 4.69) is 14.9 Å². The van der Waals surface area contributed by atoms with Gasteiger partial charge in [-0.15, -0.1) is 0 Å². The number of aryl methyl sites for hydroxylation is 1. The van der Waals surface area contributed by atoms with Crippen LogP contribution in [0.2, 0.25) is 0 Å². The molecule has 4 rings (SSSR count). The van der Waals surface area contributed by atoms with Crippen molar-refractivity contribution in [1.82, 2.24) is 14.9 Å². The van der Waals surface area contributed by atoms with Gasteiger partial charge in [-0.2, -0.15) is 0 Å². The van der Waals surface area contributed by atoms with Gasteiger partial charge in [0.05, 0.1) is 24.2 Å². The van der Waals surface area contributed by atoms with E-state index in [0.717, 1.165) is 19.4 Å². The second-order valence-electron chi connectivity index (χ2n) is 6.98. The number of aromatic nitrogens is 2. The summed E-state index contributed by atoms with van der Waals surface area (Å²) >= 11 is 0. The van der Waals surface area contributed by atoms with Crippen molar-refractivity contribution in [3.8, 4) is 0 Å². The predicted octanol–water partition coefficient (Wildman–Crippen LogP) is 1.66. The summed E-state index contributed by atoms with van der Waals surface area (Å²) in [6, 6.07) is 0.641. The second-order valence-corrected chi connectivity index (χ2v) is 6.98. The highest BCUT2D eigenvalue weighted by Gasteiger charge is 2.47. The fourth-order valence-electron chi connectivity index (χ4n) is 3.76. The smallest absolute Gasteiger partial charge is 0.0952 e. The Hall–Kier alpha value is -0.870. The van der Waals surface area contributed by atoms with Gasteiger partial charge in [0.15, 0.2) is 0 Å². The number of hydrogen-bond donors (Lipinski definition) is 2. The topological polar surface area (TPSA) is 50.1 Å². The molecule has 20 heavy (non-hydrogen) atoms. The maximum Gasteiger partial charge on any atom is 0.0952 e. The first kappa shape index (κ1) is 12.8. The lowest BCUT2D eigenvalue weighted by Gasteiger charge is -2.35. The Labute approximate surface area is 120 Å². The van der Waals surface area contributed by atoms with Crippen LogP contribution in [0.15, 0.2) is 6.33 Å². The lowest BCUT2D eigenvalue weighted by molar-refractivity contribution is 0.119. The van der Waals surface area contributed by atoms with Gasteiger partial charge < -0.3 is 15.0 Å². The zero-order valence-corrected chi connectivity index (χ0v) is 12.1. The molecule has 0 aromatic carbocycles. The van der Waals surface area contributed by atoms with Crippen molar-refractivity contribution in [2.24, 2.45) is 5.92 Å². The predicted molar refractivity (Wildman–Crippen MR) is 77.6 cm³/mol. The molecule has 4 heteroatoms. The Morgan fingerprint density at radius 3 is 2.75 bits per heavy atom. The number of nitrogens with zero attached hydrogens (tertiary/aromatic N) is 2. The summed E-state index contributed by atoms with van der Waals surface area (Å²) < 4.78 is 2.33. The van der Waals surface area contributed by atoms with E-state index >= 15 is 0 Å². The molecule has 4 nitrogen and oxygen atoms in total. The van der Waals surface area contributed by atoms with E-state index in [4.69, 9.17) is 0 Å². The van der Waals surface area contributed by atoms with Gasteiger partial charge in [-0.1, -0.05) is 0 Å². The molecule has 2 saturated carbocycles. The van der Waals surface area contributed by atoms with Crippen molar-refractivity contribution in [2.75, 3.05) is 6.61 Å². The van der Waals surface area contributed by atoms with Crippen molar-refractivity contribution in [3.05, 3.63) is 17.7 Å². The minimum Gasteiger partial charge on any atom is -0.394 e. The molecular formula is C16H25N3O. The number of imidazole rings is 1. The van der Waals surface area contributed by atoms with Crippen LogP contribution in [-0.4, -0.2) is 32.8 Å². The number of hydrogen-bond acceptors (Lipinski definition) is 3. The molecule has 3 aliphatic carbocycles. The fraction of sp³-hybridized carbons (Fsp3) is 0.812. The van der Waals surface area contributed by atoms with Crippen LogP contribution in [0, 0.1) is 5.92 Å². The van der Waals surface area contributed by atoms with Crippen molar-refractivity contribution in [3.63, 3.8) is 0 Å². The number of nitrogens with one attached hydrogen (secondary N) is 1. The normalized spacial score (nSPS) is 25.2. The number of aliphatic hydroxyl groups excluding tert-OH is 1. The van der Waals surface area contributed by atoms with Crippen LogP contribution >= 0.6 is 0 Å². The van der Waals surface area contributed by atoms with Crippen LogP contribution in [0.3, 0.4) is 0 Å². The Morgan fingerprint density at radius 1 is 1.25 bits per heavy atom. The van der Waals surface area contributed by atoms with Gasteiger partial charge in [-0.25, -0.2) is 4.98 Å². The molecule has 0 aliphatic heterocycles. The molecule has 0 amide bonds. The highest BCUT2D eigenvalue weighted by Crippen LogP contribution is 2.42. The highest BCUT2D eigenvalue weighted by atomic mass is 16.3. The first-order chi connectivity index (χ1) is 9.81. The van der Waals surface area contributed by atoms with Gasteiger partial charge in [0.25, 0.3) is 0 Å². The summed E-state index contributed by atoms with van der Waals surface area (Å²) in [6.45, 7) is 1.15. The van der Waals surface area contributed by atoms with Crippen LogP contribution in [0.1, 0.15) is 49.9 Å². The standard InChI is InChI=1S/C16H25N3O/c20-10-16(12-5-6-12,18-13-7-8-13)9-19-11-17-14-3-1-2-4-15(14)19/h11-13,18,20H,1-10H2. The number of fused-ring (bicyclic) bond motifs is 1. The van der Waals surface area contributed by atoms with Crippen LogP contribution in [-0.2, 0) is 19.4 Å². The highest BCUT2D eigenvalue weighted by molar-refractivity contribution is 5.18. The molecule has 0 spiro atoms. The molecule has 3 aliphatic rings. The third-order valence-electron chi connectivity index (χ3n) is 5.27. The molecule has 0 bridgehead atoms. The minimum absolute atomic E-state index is 0.104. The maximum atomic E-state index is 10.1. The average molecular weight is 275 g/mol. The molecular weight excluding hydrogens is 250 g/mol. The average Bonchev–Trinajstić information content (AvgIpc) is 3.38. The molecule has 1 atom stereocenters. The Morgan fingerprint density at radius 2 is 2.05 bits per heavy atom. The van der Waals surface area contributed by atoms with Crippen LogP contribution < -0.4 is 5.32 Å². The summed E-state index contributed by atoms with van der Waals surface area (Å²) in [5, 5.41) is 13.8. The van der Waals surface area contributed by atoms with Gasteiger partial charge in [0, 0.05) is 18.3 Å². The quantitative estimate of drug-likeness (QED) is 0.830. The van der Waals surface area contributed by atoms with Crippen LogP contribution in [0.4, 0.5) is 0 Å². The molecule has 2 N–H and O–H groups in total. The molecule has 0 saturated heterocycles. The van der Waals surface area contributed by atoms with Crippen LogP contribution in [0.5, 0.6) is 0 Å². The van der Waals surface area contributed by atoms with E-state index in [-0.39, 0.29) is 12.1 Å². The summed E-state index contributed by atoms with van der Waals surface area (Å²) in [5.74, 6) is 0.648. The zero-order valence-electron chi connectivity index (χ0n) is 12.1. The summed E-state index contributed by atoms with van der Waals surface area (Å²) in [6.07, 6.45) is 11.9. The summed E-state index contributed by atoms with van der Waals surface area (Å²) in [4.78, 5) is 4.60. The first-order valence-electron chi connectivity index (χ1n) is 8.22. The second kappa shape index (κ2) is 4.85. The Kier molecular flexibility index (Phi) is 3.11. The van der Waals surface area contributed by atoms with Gasteiger partial charge in [0.1, 0.15) is 0 Å². The SMILES string of the molecule is OCC(Cn1cnc2c1CCCC2)(NC1CC1)C1CC1. The van der Waals surface area contributed by atoms with Gasteiger partial charge >= 0.3 is 0 Å². The lowest BCUT2D eigenvalue weighted by Crippen LogP contribution is -2.54. The van der Waals surface area contributed by atoms with Gasteiger partial charge in [-0.05, 0) is 57.3 Å². The largest absolute Gasteiger partial charge is 0.394 e. The van der Waals surface area contributed by atoms with Crippen LogP contribution in [0.25, 0.3) is 0 Å². The van der Waals surface area contributed by atoms with Gasteiger partial charge in [0.2, 0.25) is 0 Å². The molecule has 0 radical (unpaired) electrons. The summed E-state index contributed by atoms with van der Waals surface area (Å²) in [5.41, 5.74) is 2.62. The number of rotatable bonds is 6. The van der Waals surface area contributed by atoms with Crippen molar-refractivity contribution in [2.45, 2.75) is 69.5 Å². The maximum absolute atomic E-state index is 10.1. The molecule has 1 aromatic heterocycles. The van der Waals surface area contributed by atoms with E-state index in [9.17, 15) is 5.11 Å². The lowest BCUT2D eigenvalue weighted by atomic mass is 9.92. The van der Waals surface area contributed by atoms with E-state index in [1.165, 1.54) is 49.9 Å². The third-order valence-corrected chi connectivity index (χ3v) is 5.27. The van der Waals surface area contributed by atoms with E-state index in [1.807, 2.05) is 6.33 Å². The minimum atomic E-state index is -0.104. The molecule has 1 unspecified atom stereocenters. The number of aliphatic hydroxyl groups is 1. The summed E-state index contributed by atoms with van der Waals surface area (Å²) in [7, 11) is 0. The molecule has 110 valence electrons. The zero-order chi connectivity index (χ0) is 13.6. The van der Waals surface area contributed by atoms with E-state index in [1.54, 1.807) is 0 Å². The van der Waals surface area contributed by atoms with E-state index < -0.39 is 0 Å². The molecule has 1 aromatic rings. The molecule has 2 fully saturated rings. The monoisotopic (exact) mass is 275 g/mol. The first-order valence-corrected chi connectivity index (χ1v) is 8.22. The van der Waals surface area contributed by atoms with Crippen molar-refractivity contribution in [1.29, 1.82) is 0 Å². The fourth-order valence-corrected chi connectivity index (χ4v) is 3.76. The van der Waals surface area contributed by atoms with Gasteiger partial charge in [-0.3, -0.25) is 0 Å². The third kappa shape index (κ3) is 2.29.